The molecular weight excluding hydrogens is 393 g/mol. The number of hydrogen-bond acceptors (Lipinski definition) is 3. The molecule has 152 valence electrons. The summed E-state index contributed by atoms with van der Waals surface area (Å²) < 4.78 is 0. The van der Waals surface area contributed by atoms with E-state index in [1.807, 2.05) is 4.90 Å². The zero-order valence-electron chi connectivity index (χ0n) is 16.2. The van der Waals surface area contributed by atoms with Gasteiger partial charge in [0.15, 0.2) is 0 Å². The number of benzene rings is 2. The molecule has 6 heteroatoms. The minimum absolute atomic E-state index is 0. The van der Waals surface area contributed by atoms with Crippen LogP contribution in [0.2, 0.25) is 0 Å². The number of hydrogen-bond donors (Lipinski definition) is 1. The van der Waals surface area contributed by atoms with Crippen LogP contribution in [-0.4, -0.2) is 60.5 Å². The maximum Gasteiger partial charge on any atom is 0.219 e. The monoisotopic (exact) mass is 421 g/mol. The van der Waals surface area contributed by atoms with Crippen LogP contribution in [0.25, 0.3) is 0 Å². The molecule has 2 aliphatic heterocycles. The van der Waals surface area contributed by atoms with E-state index in [9.17, 15) is 4.79 Å². The number of amides is 1. The number of carbonyl (C=O) groups excluding carboxylic acids is 1. The Balaban J connectivity index is 0.00000140. The number of fused-ring (bicyclic) bond motifs is 1. The summed E-state index contributed by atoms with van der Waals surface area (Å²) in [6, 6.07) is 22.5. The summed E-state index contributed by atoms with van der Waals surface area (Å²) in [5, 5.41) is 3.63. The minimum atomic E-state index is 0. The van der Waals surface area contributed by atoms with E-state index in [1.54, 1.807) is 6.92 Å². The summed E-state index contributed by atoms with van der Waals surface area (Å²) >= 11 is 0. The first-order valence-corrected chi connectivity index (χ1v) is 9.56. The zero-order valence-corrected chi connectivity index (χ0v) is 17.8. The first-order chi connectivity index (χ1) is 12.7. The van der Waals surface area contributed by atoms with E-state index in [4.69, 9.17) is 0 Å². The van der Waals surface area contributed by atoms with Crippen LogP contribution in [0.5, 0.6) is 0 Å². The lowest BCUT2D eigenvalue weighted by Gasteiger charge is -2.50. The van der Waals surface area contributed by atoms with Crippen molar-refractivity contribution in [2.24, 2.45) is 0 Å². The lowest BCUT2D eigenvalue weighted by molar-refractivity contribution is -0.133. The van der Waals surface area contributed by atoms with Crippen molar-refractivity contribution >= 4 is 30.7 Å². The summed E-state index contributed by atoms with van der Waals surface area (Å²) in [7, 11) is 0. The fourth-order valence-corrected chi connectivity index (χ4v) is 4.56. The van der Waals surface area contributed by atoms with Gasteiger partial charge in [-0.25, -0.2) is 0 Å². The van der Waals surface area contributed by atoms with E-state index < -0.39 is 0 Å². The molecule has 0 spiro atoms. The predicted molar refractivity (Wildman–Crippen MR) is 119 cm³/mol. The van der Waals surface area contributed by atoms with Gasteiger partial charge in [0.05, 0.1) is 0 Å². The average Bonchev–Trinajstić information content (AvgIpc) is 2.69. The molecule has 2 heterocycles. The molecule has 0 aliphatic carbocycles. The molecule has 2 saturated heterocycles. The van der Waals surface area contributed by atoms with Gasteiger partial charge in [0, 0.05) is 57.6 Å². The molecule has 2 fully saturated rings. The van der Waals surface area contributed by atoms with Gasteiger partial charge in [-0.05, 0) is 11.1 Å². The van der Waals surface area contributed by atoms with Crippen molar-refractivity contribution < 1.29 is 4.79 Å². The highest BCUT2D eigenvalue weighted by atomic mass is 35.5. The number of piperazine rings is 2. The van der Waals surface area contributed by atoms with Crippen LogP contribution in [0.15, 0.2) is 60.7 Å². The first-order valence-electron chi connectivity index (χ1n) is 9.56. The number of nitrogens with one attached hydrogen (secondary N) is 1. The van der Waals surface area contributed by atoms with Crippen molar-refractivity contribution in [1.29, 1.82) is 0 Å². The third kappa shape index (κ3) is 4.69. The van der Waals surface area contributed by atoms with Crippen LogP contribution in [-0.2, 0) is 4.79 Å². The summed E-state index contributed by atoms with van der Waals surface area (Å²) in [4.78, 5) is 16.4. The molecule has 2 aliphatic rings. The van der Waals surface area contributed by atoms with E-state index in [-0.39, 0.29) is 30.7 Å². The van der Waals surface area contributed by atoms with Gasteiger partial charge in [-0.2, -0.15) is 0 Å². The lowest BCUT2D eigenvalue weighted by Crippen LogP contribution is -2.66. The molecule has 2 aromatic rings. The van der Waals surface area contributed by atoms with Crippen molar-refractivity contribution in [3.8, 4) is 0 Å². The smallest absolute Gasteiger partial charge is 0.219 e. The molecule has 2 atom stereocenters. The zero-order chi connectivity index (χ0) is 17.9. The van der Waals surface area contributed by atoms with Gasteiger partial charge in [-0.3, -0.25) is 9.69 Å². The molecule has 4 nitrogen and oxygen atoms in total. The number of rotatable bonds is 3. The van der Waals surface area contributed by atoms with E-state index in [0.717, 1.165) is 32.7 Å². The van der Waals surface area contributed by atoms with Crippen LogP contribution in [0.1, 0.15) is 24.0 Å². The van der Waals surface area contributed by atoms with Crippen LogP contribution >= 0.6 is 24.8 Å². The summed E-state index contributed by atoms with van der Waals surface area (Å²) in [6.07, 6.45) is 0. The molecule has 1 unspecified atom stereocenters. The fraction of sp³-hybridized carbons (Fsp3) is 0.409. The SMILES string of the molecule is CC(=O)N1CCN2C(C(c3ccccc3)c3ccccc3)CNC[C@@H]2C1.Cl.Cl. The van der Waals surface area contributed by atoms with Crippen molar-refractivity contribution in [2.75, 3.05) is 32.7 Å². The Hall–Kier alpha value is -1.59. The fourth-order valence-electron chi connectivity index (χ4n) is 4.56. The second-order valence-electron chi connectivity index (χ2n) is 7.38. The molecule has 0 saturated carbocycles. The van der Waals surface area contributed by atoms with Crippen molar-refractivity contribution in [3.63, 3.8) is 0 Å². The van der Waals surface area contributed by atoms with E-state index in [2.05, 4.69) is 70.9 Å². The molecule has 2 aromatic carbocycles. The van der Waals surface area contributed by atoms with Gasteiger partial charge >= 0.3 is 0 Å². The standard InChI is InChI=1S/C22H27N3O.2ClH/c1-17(26)24-12-13-25-20(16-24)14-23-15-21(25)22(18-8-4-2-5-9-18)19-10-6-3-7-11-19;;/h2-11,20-23H,12-16H2,1H3;2*1H/t20-,21?;;/m1../s1. The number of carbonyl (C=O) groups is 1. The Morgan fingerprint density at radius 2 is 1.50 bits per heavy atom. The largest absolute Gasteiger partial charge is 0.340 e. The van der Waals surface area contributed by atoms with Crippen molar-refractivity contribution in [3.05, 3.63) is 71.8 Å². The van der Waals surface area contributed by atoms with Crippen LogP contribution in [0.4, 0.5) is 0 Å². The van der Waals surface area contributed by atoms with Gasteiger partial charge in [0.25, 0.3) is 0 Å². The topological polar surface area (TPSA) is 35.6 Å². The molecule has 0 aromatic heterocycles. The Morgan fingerprint density at radius 3 is 2.04 bits per heavy atom. The summed E-state index contributed by atoms with van der Waals surface area (Å²) in [6.45, 7) is 6.22. The average molecular weight is 422 g/mol. The summed E-state index contributed by atoms with van der Waals surface area (Å²) in [5.74, 6) is 0.519. The highest BCUT2D eigenvalue weighted by Crippen LogP contribution is 2.33. The molecule has 1 amide bonds. The molecule has 28 heavy (non-hydrogen) atoms. The normalized spacial score (nSPS) is 22.0. The lowest BCUT2D eigenvalue weighted by atomic mass is 9.82. The Kier molecular flexibility index (Phi) is 8.32. The Labute approximate surface area is 180 Å². The van der Waals surface area contributed by atoms with Crippen LogP contribution < -0.4 is 5.32 Å². The third-order valence-electron chi connectivity index (χ3n) is 5.84. The van der Waals surface area contributed by atoms with Gasteiger partial charge in [-0.15, -0.1) is 24.8 Å². The quantitative estimate of drug-likeness (QED) is 0.826. The number of nitrogens with zero attached hydrogens (tertiary/aromatic N) is 2. The van der Waals surface area contributed by atoms with Crippen LogP contribution in [0.3, 0.4) is 0 Å². The second-order valence-corrected chi connectivity index (χ2v) is 7.38. The van der Waals surface area contributed by atoms with Gasteiger partial charge in [0.1, 0.15) is 0 Å². The molecule has 0 bridgehead atoms. The molecule has 4 rings (SSSR count). The highest BCUT2D eigenvalue weighted by Gasteiger charge is 2.39. The minimum Gasteiger partial charge on any atom is -0.340 e. The summed E-state index contributed by atoms with van der Waals surface area (Å²) in [5.41, 5.74) is 2.72. The van der Waals surface area contributed by atoms with E-state index >= 15 is 0 Å². The molecule has 0 radical (unpaired) electrons. The van der Waals surface area contributed by atoms with Crippen molar-refractivity contribution in [1.82, 2.24) is 15.1 Å². The van der Waals surface area contributed by atoms with Crippen LogP contribution in [0, 0.1) is 0 Å². The second kappa shape index (κ2) is 10.3. The predicted octanol–water partition coefficient (Wildman–Crippen LogP) is 3.17. The Morgan fingerprint density at radius 1 is 0.929 bits per heavy atom. The maximum atomic E-state index is 11.8. The first kappa shape index (κ1) is 22.7. The Bertz CT molecular complexity index is 704. The highest BCUT2D eigenvalue weighted by molar-refractivity contribution is 5.85. The third-order valence-corrected chi connectivity index (χ3v) is 5.84. The number of halogens is 2. The van der Waals surface area contributed by atoms with E-state index in [1.165, 1.54) is 11.1 Å². The van der Waals surface area contributed by atoms with Crippen molar-refractivity contribution in [2.45, 2.75) is 24.9 Å². The molecular formula is C22H29Cl2N3O. The van der Waals surface area contributed by atoms with Gasteiger partial charge in [-0.1, -0.05) is 60.7 Å². The van der Waals surface area contributed by atoms with Gasteiger partial charge in [0.2, 0.25) is 5.91 Å². The maximum absolute atomic E-state index is 11.8. The van der Waals surface area contributed by atoms with Gasteiger partial charge < -0.3 is 10.2 Å². The van der Waals surface area contributed by atoms with E-state index in [0.29, 0.717) is 18.0 Å². The molecule has 1 N–H and O–H groups in total.